The molecule has 5 nitrogen and oxygen atoms in total. The monoisotopic (exact) mass is 421 g/mol. The Morgan fingerprint density at radius 2 is 1.90 bits per heavy atom. The van der Waals surface area contributed by atoms with Gasteiger partial charge in [-0.25, -0.2) is 0 Å². The Bertz CT molecular complexity index is 826. The summed E-state index contributed by atoms with van der Waals surface area (Å²) in [6.07, 6.45) is 2.16. The Labute approximate surface area is 176 Å². The maximum atomic E-state index is 13.0. The van der Waals surface area contributed by atoms with Gasteiger partial charge in [0.2, 0.25) is 0 Å². The number of anilines is 1. The topological polar surface area (TPSA) is 27.5 Å². The second-order valence-corrected chi connectivity index (χ2v) is 8.31. The van der Waals surface area contributed by atoms with Crippen molar-refractivity contribution in [3.63, 3.8) is 0 Å². The van der Waals surface area contributed by atoms with E-state index in [2.05, 4.69) is 32.9 Å². The van der Waals surface area contributed by atoms with Gasteiger partial charge in [0.05, 0.1) is 11.8 Å². The van der Waals surface area contributed by atoms with Gasteiger partial charge < -0.3 is 4.90 Å². The molecule has 30 heavy (non-hydrogen) atoms. The third-order valence-corrected chi connectivity index (χ3v) is 6.27. The highest BCUT2D eigenvalue weighted by atomic mass is 19.4. The smallest absolute Gasteiger partial charge is 0.369 e. The molecule has 8 heteroatoms. The fourth-order valence-electron chi connectivity index (χ4n) is 4.62. The Balaban J connectivity index is 1.31. The number of benzene rings is 1. The molecule has 1 aromatic heterocycles. The average molecular weight is 422 g/mol. The molecule has 0 radical (unpaired) electrons. The quantitative estimate of drug-likeness (QED) is 0.736. The summed E-state index contributed by atoms with van der Waals surface area (Å²) in [6.45, 7) is 9.37. The zero-order valence-electron chi connectivity index (χ0n) is 17.5. The summed E-state index contributed by atoms with van der Waals surface area (Å²) < 4.78 is 41.0. The van der Waals surface area contributed by atoms with Crippen molar-refractivity contribution in [1.29, 1.82) is 0 Å². The molecule has 0 amide bonds. The largest absolute Gasteiger partial charge is 0.416 e. The van der Waals surface area contributed by atoms with Gasteiger partial charge in [-0.1, -0.05) is 6.07 Å². The van der Waals surface area contributed by atoms with Crippen LogP contribution in [0, 0.1) is 0 Å². The number of piperidine rings is 1. The Hall–Kier alpha value is -2.06. The third-order valence-electron chi connectivity index (χ3n) is 6.27. The molecule has 0 saturated carbocycles. The van der Waals surface area contributed by atoms with Crippen molar-refractivity contribution in [3.05, 3.63) is 47.8 Å². The van der Waals surface area contributed by atoms with Gasteiger partial charge in [0.25, 0.3) is 0 Å². The van der Waals surface area contributed by atoms with Gasteiger partial charge in [0.15, 0.2) is 0 Å². The lowest BCUT2D eigenvalue weighted by atomic mass is 10.0. The van der Waals surface area contributed by atoms with Crippen molar-refractivity contribution < 1.29 is 13.2 Å². The van der Waals surface area contributed by atoms with Gasteiger partial charge in [-0.05, 0) is 44.5 Å². The highest BCUT2D eigenvalue weighted by Crippen LogP contribution is 2.32. The Morgan fingerprint density at radius 3 is 2.60 bits per heavy atom. The predicted molar refractivity (Wildman–Crippen MR) is 111 cm³/mol. The molecular weight excluding hydrogens is 391 g/mol. The molecule has 2 saturated heterocycles. The van der Waals surface area contributed by atoms with Crippen molar-refractivity contribution in [3.8, 4) is 0 Å². The number of alkyl halides is 3. The molecule has 0 aliphatic carbocycles. The molecule has 164 valence electrons. The molecule has 2 aliphatic rings. The first-order valence-electron chi connectivity index (χ1n) is 10.8. The first kappa shape index (κ1) is 21.2. The normalized spacial score (nSPS) is 21.9. The van der Waals surface area contributed by atoms with E-state index in [-0.39, 0.29) is 0 Å². The SMILES string of the molecule is CCn1cc(CN2CCCC(N3CCN(c4cccc(C(F)(F)F)c4)CC3)C2)cn1. The van der Waals surface area contributed by atoms with Crippen molar-refractivity contribution in [2.75, 3.05) is 44.2 Å². The number of aryl methyl sites for hydroxylation is 1. The molecule has 2 aliphatic heterocycles. The number of rotatable bonds is 5. The second kappa shape index (κ2) is 8.98. The lowest BCUT2D eigenvalue weighted by Gasteiger charge is -2.44. The van der Waals surface area contributed by atoms with Crippen LogP contribution in [0.15, 0.2) is 36.7 Å². The first-order valence-corrected chi connectivity index (χ1v) is 10.8. The van der Waals surface area contributed by atoms with Crippen LogP contribution in [0.3, 0.4) is 0 Å². The van der Waals surface area contributed by atoms with Crippen LogP contribution in [-0.2, 0) is 19.3 Å². The average Bonchev–Trinajstić information content (AvgIpc) is 3.21. The van der Waals surface area contributed by atoms with Crippen LogP contribution in [-0.4, -0.2) is 64.9 Å². The molecule has 4 rings (SSSR count). The van der Waals surface area contributed by atoms with E-state index in [0.717, 1.165) is 58.4 Å². The predicted octanol–water partition coefficient (Wildman–Crippen LogP) is 3.71. The number of piperazine rings is 1. The number of likely N-dealkylation sites (tertiary alicyclic amines) is 1. The standard InChI is InChI=1S/C22H30F3N5/c1-2-30-16-18(14-26-30)15-27-8-4-7-21(17-27)29-11-9-28(10-12-29)20-6-3-5-19(13-20)22(23,24)25/h3,5-6,13-14,16,21H,2,4,7-12,15,17H2,1H3. The minimum absolute atomic E-state index is 0.517. The van der Waals surface area contributed by atoms with E-state index in [1.807, 2.05) is 10.9 Å². The van der Waals surface area contributed by atoms with Crippen LogP contribution in [0.5, 0.6) is 0 Å². The summed E-state index contributed by atoms with van der Waals surface area (Å²) in [6, 6.07) is 6.21. The molecule has 1 atom stereocenters. The van der Waals surface area contributed by atoms with Gasteiger partial charge in [0.1, 0.15) is 0 Å². The molecule has 0 N–H and O–H groups in total. The number of halogens is 3. The van der Waals surface area contributed by atoms with Crippen LogP contribution >= 0.6 is 0 Å². The number of nitrogens with zero attached hydrogens (tertiary/aromatic N) is 5. The molecule has 3 heterocycles. The number of hydrogen-bond donors (Lipinski definition) is 0. The molecule has 0 bridgehead atoms. The Kier molecular flexibility index (Phi) is 6.34. The van der Waals surface area contributed by atoms with Gasteiger partial charge in [-0.3, -0.25) is 14.5 Å². The van der Waals surface area contributed by atoms with Gasteiger partial charge in [-0.15, -0.1) is 0 Å². The van der Waals surface area contributed by atoms with Crippen LogP contribution in [0.25, 0.3) is 0 Å². The van der Waals surface area contributed by atoms with E-state index in [1.165, 1.54) is 30.5 Å². The van der Waals surface area contributed by atoms with Gasteiger partial charge in [-0.2, -0.15) is 18.3 Å². The maximum absolute atomic E-state index is 13.0. The van der Waals surface area contributed by atoms with Crippen molar-refractivity contribution in [1.82, 2.24) is 19.6 Å². The van der Waals surface area contributed by atoms with Crippen LogP contribution in [0.4, 0.5) is 18.9 Å². The van der Waals surface area contributed by atoms with Gasteiger partial charge in [0, 0.05) is 69.3 Å². The lowest BCUT2D eigenvalue weighted by Crippen LogP contribution is -2.55. The molecule has 1 unspecified atom stereocenters. The zero-order chi connectivity index (χ0) is 21.1. The summed E-state index contributed by atoms with van der Waals surface area (Å²) in [4.78, 5) is 7.10. The van der Waals surface area contributed by atoms with E-state index >= 15 is 0 Å². The van der Waals surface area contributed by atoms with E-state index in [0.29, 0.717) is 11.7 Å². The fraction of sp³-hybridized carbons (Fsp3) is 0.591. The van der Waals surface area contributed by atoms with E-state index in [4.69, 9.17) is 0 Å². The summed E-state index contributed by atoms with van der Waals surface area (Å²) in [5, 5.41) is 4.37. The van der Waals surface area contributed by atoms with Crippen molar-refractivity contribution in [2.24, 2.45) is 0 Å². The maximum Gasteiger partial charge on any atom is 0.416 e. The molecule has 2 aromatic rings. The molecular formula is C22H30F3N5. The molecule has 1 aromatic carbocycles. The summed E-state index contributed by atoms with van der Waals surface area (Å²) in [7, 11) is 0. The van der Waals surface area contributed by atoms with Crippen molar-refractivity contribution >= 4 is 5.69 Å². The van der Waals surface area contributed by atoms with Crippen LogP contribution < -0.4 is 4.90 Å². The van der Waals surface area contributed by atoms with E-state index < -0.39 is 11.7 Å². The summed E-state index contributed by atoms with van der Waals surface area (Å²) in [5.74, 6) is 0. The second-order valence-electron chi connectivity index (χ2n) is 8.31. The van der Waals surface area contributed by atoms with Crippen LogP contribution in [0.2, 0.25) is 0 Å². The molecule has 0 spiro atoms. The fourth-order valence-corrected chi connectivity index (χ4v) is 4.62. The van der Waals surface area contributed by atoms with Gasteiger partial charge >= 0.3 is 6.18 Å². The highest BCUT2D eigenvalue weighted by Gasteiger charge is 2.32. The highest BCUT2D eigenvalue weighted by molar-refractivity contribution is 5.49. The Morgan fingerprint density at radius 1 is 1.10 bits per heavy atom. The molecule has 2 fully saturated rings. The first-order chi connectivity index (χ1) is 14.4. The number of hydrogen-bond acceptors (Lipinski definition) is 4. The van der Waals surface area contributed by atoms with E-state index in [9.17, 15) is 13.2 Å². The third kappa shape index (κ3) is 4.98. The van der Waals surface area contributed by atoms with Crippen LogP contribution in [0.1, 0.15) is 30.9 Å². The van der Waals surface area contributed by atoms with Crippen molar-refractivity contribution in [2.45, 2.75) is 45.1 Å². The number of aromatic nitrogens is 2. The summed E-state index contributed by atoms with van der Waals surface area (Å²) in [5.41, 5.74) is 1.35. The minimum Gasteiger partial charge on any atom is -0.369 e. The summed E-state index contributed by atoms with van der Waals surface area (Å²) >= 11 is 0. The van der Waals surface area contributed by atoms with E-state index in [1.54, 1.807) is 6.07 Å². The lowest BCUT2D eigenvalue weighted by molar-refractivity contribution is -0.137. The minimum atomic E-state index is -4.29. The zero-order valence-corrected chi connectivity index (χ0v) is 17.5.